The zero-order chi connectivity index (χ0) is 10.6. The van der Waals surface area contributed by atoms with Crippen LogP contribution in [0.15, 0.2) is 5.16 Å². The lowest BCUT2D eigenvalue weighted by Crippen LogP contribution is -2.21. The number of thioether (sulfide) groups is 1. The monoisotopic (exact) mass is 214 g/mol. The maximum atomic E-state index is 11.3. The first-order chi connectivity index (χ1) is 6.72. The first-order valence-electron chi connectivity index (χ1n) is 3.77. The summed E-state index contributed by atoms with van der Waals surface area (Å²) in [7, 11) is 2.94. The van der Waals surface area contributed by atoms with Gasteiger partial charge in [0.25, 0.3) is 5.91 Å². The van der Waals surface area contributed by atoms with Crippen LogP contribution in [0.5, 0.6) is 5.88 Å². The molecule has 7 heteroatoms. The molecular formula is C7H10N4O2S. The molecule has 0 aliphatic rings. The summed E-state index contributed by atoms with van der Waals surface area (Å²) in [4.78, 5) is 15.2. The van der Waals surface area contributed by atoms with E-state index in [9.17, 15) is 4.79 Å². The van der Waals surface area contributed by atoms with Gasteiger partial charge in [-0.2, -0.15) is 4.98 Å². The number of carbonyl (C=O) groups is 1. The largest absolute Gasteiger partial charge is 0.479 e. The van der Waals surface area contributed by atoms with E-state index in [4.69, 9.17) is 4.74 Å². The molecule has 14 heavy (non-hydrogen) atoms. The van der Waals surface area contributed by atoms with Crippen molar-refractivity contribution in [3.05, 3.63) is 5.69 Å². The van der Waals surface area contributed by atoms with E-state index in [1.807, 2.05) is 6.26 Å². The van der Waals surface area contributed by atoms with Gasteiger partial charge in [0.1, 0.15) is 0 Å². The minimum absolute atomic E-state index is 0.0906. The summed E-state index contributed by atoms with van der Waals surface area (Å²) in [5.74, 6) is -0.182. The Balaban J connectivity index is 3.11. The SMILES string of the molecule is CNC(=O)c1nnc(SC)nc1OC. The van der Waals surface area contributed by atoms with E-state index in [2.05, 4.69) is 20.5 Å². The van der Waals surface area contributed by atoms with Gasteiger partial charge in [-0.3, -0.25) is 4.79 Å². The van der Waals surface area contributed by atoms with E-state index < -0.39 is 0 Å². The second-order valence-corrected chi connectivity index (χ2v) is 3.01. The third-order valence-electron chi connectivity index (χ3n) is 1.45. The number of amides is 1. The van der Waals surface area contributed by atoms with Crippen molar-refractivity contribution in [2.75, 3.05) is 20.4 Å². The van der Waals surface area contributed by atoms with Gasteiger partial charge in [-0.25, -0.2) is 0 Å². The minimum atomic E-state index is -0.366. The topological polar surface area (TPSA) is 77.0 Å². The molecule has 1 amide bonds. The normalized spacial score (nSPS) is 9.64. The van der Waals surface area contributed by atoms with E-state index in [0.717, 1.165) is 0 Å². The molecule has 1 aromatic rings. The fraction of sp³-hybridized carbons (Fsp3) is 0.429. The number of carbonyl (C=O) groups excluding carboxylic acids is 1. The Labute approximate surface area is 85.5 Å². The summed E-state index contributed by atoms with van der Waals surface area (Å²) in [5, 5.41) is 10.3. The van der Waals surface area contributed by atoms with Crippen LogP contribution in [0.25, 0.3) is 0 Å². The summed E-state index contributed by atoms with van der Waals surface area (Å²) in [5.41, 5.74) is 0.0906. The van der Waals surface area contributed by atoms with Crippen molar-refractivity contribution in [1.82, 2.24) is 20.5 Å². The van der Waals surface area contributed by atoms with Crippen molar-refractivity contribution in [2.24, 2.45) is 0 Å². The van der Waals surface area contributed by atoms with Gasteiger partial charge < -0.3 is 10.1 Å². The summed E-state index contributed by atoms with van der Waals surface area (Å²) in [6.07, 6.45) is 1.82. The molecule has 6 nitrogen and oxygen atoms in total. The fourth-order valence-electron chi connectivity index (χ4n) is 0.787. The summed E-state index contributed by atoms with van der Waals surface area (Å²) < 4.78 is 4.92. The Morgan fingerprint density at radius 3 is 2.71 bits per heavy atom. The molecule has 0 aliphatic heterocycles. The number of aromatic nitrogens is 3. The number of methoxy groups -OCH3 is 1. The first-order valence-corrected chi connectivity index (χ1v) is 5.00. The maximum absolute atomic E-state index is 11.3. The summed E-state index contributed by atoms with van der Waals surface area (Å²) in [6, 6.07) is 0. The van der Waals surface area contributed by atoms with Gasteiger partial charge >= 0.3 is 0 Å². The van der Waals surface area contributed by atoms with E-state index in [1.165, 1.54) is 25.9 Å². The van der Waals surface area contributed by atoms with Gasteiger partial charge in [0.15, 0.2) is 0 Å². The second kappa shape index (κ2) is 4.75. The molecule has 0 fully saturated rings. The van der Waals surface area contributed by atoms with E-state index in [-0.39, 0.29) is 17.5 Å². The minimum Gasteiger partial charge on any atom is -0.479 e. The van der Waals surface area contributed by atoms with Crippen LogP contribution in [0.1, 0.15) is 10.5 Å². The van der Waals surface area contributed by atoms with Gasteiger partial charge in [-0.1, -0.05) is 11.8 Å². The molecule has 0 aliphatic carbocycles. The highest BCUT2D eigenvalue weighted by Crippen LogP contribution is 2.15. The molecule has 1 N–H and O–H groups in total. The molecule has 0 radical (unpaired) electrons. The quantitative estimate of drug-likeness (QED) is 0.711. The zero-order valence-electron chi connectivity index (χ0n) is 8.07. The van der Waals surface area contributed by atoms with Crippen LogP contribution < -0.4 is 10.1 Å². The van der Waals surface area contributed by atoms with Gasteiger partial charge in [0, 0.05) is 7.05 Å². The number of nitrogens with one attached hydrogen (secondary N) is 1. The predicted octanol–water partition coefficient (Wildman–Crippen LogP) is -0.0383. The van der Waals surface area contributed by atoms with Crippen LogP contribution in [0.2, 0.25) is 0 Å². The molecule has 1 heterocycles. The maximum Gasteiger partial charge on any atom is 0.277 e. The van der Waals surface area contributed by atoms with Crippen molar-refractivity contribution in [3.8, 4) is 5.88 Å². The smallest absolute Gasteiger partial charge is 0.277 e. The van der Waals surface area contributed by atoms with Gasteiger partial charge in [0.05, 0.1) is 7.11 Å². The Morgan fingerprint density at radius 2 is 2.21 bits per heavy atom. The van der Waals surface area contributed by atoms with Crippen LogP contribution in [0.3, 0.4) is 0 Å². The van der Waals surface area contributed by atoms with Crippen molar-refractivity contribution in [2.45, 2.75) is 5.16 Å². The van der Waals surface area contributed by atoms with Crippen molar-refractivity contribution in [3.63, 3.8) is 0 Å². The average Bonchev–Trinajstić information content (AvgIpc) is 2.27. The molecular weight excluding hydrogens is 204 g/mol. The lowest BCUT2D eigenvalue weighted by Gasteiger charge is -2.04. The van der Waals surface area contributed by atoms with Crippen LogP contribution >= 0.6 is 11.8 Å². The van der Waals surface area contributed by atoms with E-state index in [1.54, 1.807) is 0 Å². The third kappa shape index (κ3) is 2.11. The highest BCUT2D eigenvalue weighted by atomic mass is 32.2. The molecule has 0 unspecified atom stereocenters. The van der Waals surface area contributed by atoms with Crippen molar-refractivity contribution in [1.29, 1.82) is 0 Å². The summed E-state index contributed by atoms with van der Waals surface area (Å²) in [6.45, 7) is 0. The Hall–Kier alpha value is -1.37. The highest BCUT2D eigenvalue weighted by molar-refractivity contribution is 7.98. The predicted molar refractivity (Wildman–Crippen MR) is 51.6 cm³/mol. The van der Waals surface area contributed by atoms with E-state index in [0.29, 0.717) is 5.16 Å². The van der Waals surface area contributed by atoms with Gasteiger partial charge in [0.2, 0.25) is 16.7 Å². The standard InChI is InChI=1S/C7H10N4O2S/c1-8-5(12)4-6(13-2)9-7(14-3)11-10-4/h1-3H3,(H,8,12). The number of hydrogen-bond acceptors (Lipinski definition) is 6. The van der Waals surface area contributed by atoms with Crippen LogP contribution in [-0.4, -0.2) is 41.5 Å². The highest BCUT2D eigenvalue weighted by Gasteiger charge is 2.15. The first kappa shape index (κ1) is 10.7. The number of ether oxygens (including phenoxy) is 1. The third-order valence-corrected chi connectivity index (χ3v) is 1.99. The number of hydrogen-bond donors (Lipinski definition) is 1. The van der Waals surface area contributed by atoms with Crippen LogP contribution in [-0.2, 0) is 0 Å². The van der Waals surface area contributed by atoms with Crippen LogP contribution in [0.4, 0.5) is 0 Å². The van der Waals surface area contributed by atoms with E-state index >= 15 is 0 Å². The molecule has 0 atom stereocenters. The lowest BCUT2D eigenvalue weighted by molar-refractivity contribution is 0.0952. The Morgan fingerprint density at radius 1 is 1.50 bits per heavy atom. The Kier molecular flexibility index (Phi) is 3.63. The van der Waals surface area contributed by atoms with Crippen molar-refractivity contribution >= 4 is 17.7 Å². The fourth-order valence-corrected chi connectivity index (χ4v) is 1.08. The number of nitrogens with zero attached hydrogens (tertiary/aromatic N) is 3. The molecule has 76 valence electrons. The zero-order valence-corrected chi connectivity index (χ0v) is 8.88. The molecule has 0 spiro atoms. The van der Waals surface area contributed by atoms with Gasteiger partial charge in [-0.05, 0) is 6.26 Å². The molecule has 0 saturated carbocycles. The lowest BCUT2D eigenvalue weighted by atomic mass is 10.4. The second-order valence-electron chi connectivity index (χ2n) is 2.24. The molecule has 0 saturated heterocycles. The Bertz CT molecular complexity index is 344. The van der Waals surface area contributed by atoms with Gasteiger partial charge in [-0.15, -0.1) is 10.2 Å². The van der Waals surface area contributed by atoms with Crippen molar-refractivity contribution < 1.29 is 9.53 Å². The van der Waals surface area contributed by atoms with Crippen LogP contribution in [0, 0.1) is 0 Å². The molecule has 0 aromatic carbocycles. The molecule has 1 rings (SSSR count). The average molecular weight is 214 g/mol. The molecule has 1 aromatic heterocycles. The molecule has 0 bridgehead atoms. The number of rotatable bonds is 3. The summed E-state index contributed by atoms with van der Waals surface area (Å²) >= 11 is 1.33.